The van der Waals surface area contributed by atoms with Gasteiger partial charge in [-0.1, -0.05) is 153 Å². The molecule has 176 valence electrons. The van der Waals surface area contributed by atoms with Gasteiger partial charge in [0.2, 0.25) is 0 Å². The van der Waals surface area contributed by atoms with Gasteiger partial charge >= 0.3 is 0 Å². The van der Waals surface area contributed by atoms with Crippen LogP contribution in [0.2, 0.25) is 12.1 Å². The lowest BCUT2D eigenvalue weighted by Gasteiger charge is -2.33. The topological polar surface area (TPSA) is 52.0 Å². The molecule has 0 radical (unpaired) electrons. The van der Waals surface area contributed by atoms with Crippen molar-refractivity contribution in [2.45, 2.75) is 42.8 Å². The standard InChI is InChI=1S/C31H36B2N2/c1-25(33-31(35,28-20-10-4-11-21-28)29-22-12-5-13-23-29)15-14-24-32-30(34,26-16-6-2-7-17-26)27-18-8-3-9-19-27/h2-13,16-23,25,32-33H,14-15,24,34-35H2,1H3. The highest BCUT2D eigenvalue weighted by Crippen LogP contribution is 2.32. The van der Waals surface area contributed by atoms with Crippen molar-refractivity contribution in [3.8, 4) is 0 Å². The summed E-state index contributed by atoms with van der Waals surface area (Å²) in [6.07, 6.45) is 3.32. The minimum absolute atomic E-state index is 0.475. The van der Waals surface area contributed by atoms with Gasteiger partial charge in [0.1, 0.15) is 0 Å². The maximum atomic E-state index is 7.15. The first-order valence-electron chi connectivity index (χ1n) is 12.8. The van der Waals surface area contributed by atoms with E-state index in [1.54, 1.807) is 0 Å². The zero-order valence-electron chi connectivity index (χ0n) is 20.8. The van der Waals surface area contributed by atoms with Crippen LogP contribution in [0.15, 0.2) is 121 Å². The van der Waals surface area contributed by atoms with Crippen molar-refractivity contribution in [1.82, 2.24) is 0 Å². The van der Waals surface area contributed by atoms with E-state index in [0.29, 0.717) is 5.82 Å². The van der Waals surface area contributed by atoms with E-state index in [9.17, 15) is 0 Å². The predicted octanol–water partition coefficient (Wildman–Crippen LogP) is 5.59. The Hall–Kier alpha value is -3.07. The summed E-state index contributed by atoms with van der Waals surface area (Å²) in [5.74, 6) is 0.487. The van der Waals surface area contributed by atoms with E-state index in [-0.39, 0.29) is 0 Å². The van der Waals surface area contributed by atoms with Crippen molar-refractivity contribution in [1.29, 1.82) is 0 Å². The van der Waals surface area contributed by atoms with Crippen molar-refractivity contribution in [2.24, 2.45) is 11.5 Å². The Labute approximate surface area is 212 Å². The molecule has 0 fully saturated rings. The van der Waals surface area contributed by atoms with Crippen molar-refractivity contribution in [3.63, 3.8) is 0 Å². The second-order valence-corrected chi connectivity index (χ2v) is 9.96. The van der Waals surface area contributed by atoms with Crippen LogP contribution in [-0.4, -0.2) is 14.6 Å². The van der Waals surface area contributed by atoms with Gasteiger partial charge in [-0.05, 0) is 22.3 Å². The van der Waals surface area contributed by atoms with Gasteiger partial charge in [-0.2, -0.15) is 0 Å². The van der Waals surface area contributed by atoms with E-state index in [2.05, 4.69) is 128 Å². The van der Waals surface area contributed by atoms with Gasteiger partial charge in [0, 0.05) is 10.9 Å². The summed E-state index contributed by atoms with van der Waals surface area (Å²) in [6, 6.07) is 42.1. The highest BCUT2D eigenvalue weighted by molar-refractivity contribution is 6.43. The molecule has 1 atom stereocenters. The molecule has 2 nitrogen and oxygen atoms in total. The number of rotatable bonds is 11. The van der Waals surface area contributed by atoms with Crippen LogP contribution < -0.4 is 11.5 Å². The highest BCUT2D eigenvalue weighted by atomic mass is 14.7. The van der Waals surface area contributed by atoms with Gasteiger partial charge in [0.25, 0.3) is 0 Å². The Kier molecular flexibility index (Phi) is 8.28. The lowest BCUT2D eigenvalue weighted by molar-refractivity contribution is 0.688. The average molecular weight is 458 g/mol. The van der Waals surface area contributed by atoms with Crippen LogP contribution in [0.3, 0.4) is 0 Å². The largest absolute Gasteiger partial charge is 0.325 e. The molecule has 0 amide bonds. The van der Waals surface area contributed by atoms with Crippen LogP contribution in [-0.2, 0) is 10.9 Å². The molecule has 0 aliphatic carbocycles. The SMILES string of the molecule is CC(BC(N)(c1ccccc1)c1ccccc1)CCCBC(N)(c1ccccc1)c1ccccc1. The second-order valence-electron chi connectivity index (χ2n) is 9.96. The molecule has 4 aromatic carbocycles. The number of hydrogen-bond donors (Lipinski definition) is 2. The fourth-order valence-corrected chi connectivity index (χ4v) is 5.35. The molecular weight excluding hydrogens is 422 g/mol. The molecule has 0 saturated heterocycles. The fraction of sp³-hybridized carbons (Fsp3) is 0.226. The van der Waals surface area contributed by atoms with Gasteiger partial charge in [-0.15, -0.1) is 0 Å². The normalized spacial score (nSPS) is 12.7. The Balaban J connectivity index is 1.43. The smallest absolute Gasteiger partial charge is 0.160 e. The van der Waals surface area contributed by atoms with E-state index in [1.807, 2.05) is 0 Å². The van der Waals surface area contributed by atoms with E-state index in [1.165, 1.54) is 22.3 Å². The van der Waals surface area contributed by atoms with Crippen molar-refractivity contribution in [2.75, 3.05) is 0 Å². The summed E-state index contributed by atoms with van der Waals surface area (Å²) in [5, 5.41) is 0. The number of nitrogens with two attached hydrogens (primary N) is 2. The molecule has 4 N–H and O–H groups in total. The van der Waals surface area contributed by atoms with Crippen LogP contribution >= 0.6 is 0 Å². The van der Waals surface area contributed by atoms with Gasteiger partial charge < -0.3 is 11.5 Å². The summed E-state index contributed by atoms with van der Waals surface area (Å²) in [5.41, 5.74) is 18.0. The fourth-order valence-electron chi connectivity index (χ4n) is 5.35. The van der Waals surface area contributed by atoms with Crippen LogP contribution in [0.5, 0.6) is 0 Å². The highest BCUT2D eigenvalue weighted by Gasteiger charge is 2.33. The maximum Gasteiger partial charge on any atom is 0.160 e. The zero-order chi connectivity index (χ0) is 24.6. The minimum atomic E-state index is -0.492. The molecule has 1 unspecified atom stereocenters. The third-order valence-corrected chi connectivity index (χ3v) is 7.34. The van der Waals surface area contributed by atoms with Gasteiger partial charge in [0.05, 0.1) is 0 Å². The second kappa shape index (κ2) is 11.6. The Morgan fingerprint density at radius 3 is 1.29 bits per heavy atom. The quantitative estimate of drug-likeness (QED) is 0.228. The van der Waals surface area contributed by atoms with Crippen molar-refractivity contribution < 1.29 is 0 Å². The maximum absolute atomic E-state index is 7.15. The molecule has 0 saturated carbocycles. The van der Waals surface area contributed by atoms with E-state index in [0.717, 1.165) is 33.7 Å². The Bertz CT molecular complexity index is 1070. The molecule has 0 heterocycles. The molecule has 4 aromatic rings. The molecule has 35 heavy (non-hydrogen) atoms. The summed E-state index contributed by atoms with van der Waals surface area (Å²) >= 11 is 0. The number of hydrogen-bond acceptors (Lipinski definition) is 2. The zero-order valence-corrected chi connectivity index (χ0v) is 20.8. The first-order valence-corrected chi connectivity index (χ1v) is 12.8. The molecule has 0 aliphatic rings. The van der Waals surface area contributed by atoms with E-state index >= 15 is 0 Å². The molecule has 4 rings (SSSR count). The lowest BCUT2D eigenvalue weighted by Crippen LogP contribution is -2.45. The summed E-state index contributed by atoms with van der Waals surface area (Å²) in [6.45, 7) is 2.33. The molecule has 0 bridgehead atoms. The van der Waals surface area contributed by atoms with Gasteiger partial charge in [0.15, 0.2) is 14.6 Å². The first-order chi connectivity index (χ1) is 17.0. The van der Waals surface area contributed by atoms with Crippen molar-refractivity contribution >= 4 is 14.6 Å². The van der Waals surface area contributed by atoms with Gasteiger partial charge in [-0.3, -0.25) is 0 Å². The third kappa shape index (κ3) is 5.96. The summed E-state index contributed by atoms with van der Waals surface area (Å²) < 4.78 is 0. The van der Waals surface area contributed by atoms with Crippen LogP contribution in [0.1, 0.15) is 42.0 Å². The Morgan fingerprint density at radius 1 is 0.571 bits per heavy atom. The number of benzene rings is 4. The van der Waals surface area contributed by atoms with E-state index in [4.69, 9.17) is 11.5 Å². The molecule has 0 spiro atoms. The molecule has 0 aliphatic heterocycles. The van der Waals surface area contributed by atoms with E-state index < -0.39 is 10.9 Å². The van der Waals surface area contributed by atoms with Gasteiger partial charge in [-0.25, -0.2) is 0 Å². The minimum Gasteiger partial charge on any atom is -0.325 e. The summed E-state index contributed by atoms with van der Waals surface area (Å²) in [7, 11) is 1.82. The van der Waals surface area contributed by atoms with Crippen molar-refractivity contribution in [3.05, 3.63) is 144 Å². The first kappa shape index (κ1) is 25.0. The van der Waals surface area contributed by atoms with Crippen LogP contribution in [0.4, 0.5) is 0 Å². The molecule has 4 heteroatoms. The summed E-state index contributed by atoms with van der Waals surface area (Å²) in [4.78, 5) is 0. The Morgan fingerprint density at radius 2 is 0.914 bits per heavy atom. The molecular formula is C31H36B2N2. The monoisotopic (exact) mass is 458 g/mol. The predicted molar refractivity (Wildman–Crippen MR) is 153 cm³/mol. The lowest BCUT2D eigenvalue weighted by atomic mass is 9.45. The van der Waals surface area contributed by atoms with Crippen LogP contribution in [0.25, 0.3) is 0 Å². The third-order valence-electron chi connectivity index (χ3n) is 7.34. The van der Waals surface area contributed by atoms with Crippen LogP contribution in [0, 0.1) is 0 Å². The molecule has 0 aromatic heterocycles. The average Bonchev–Trinajstić information content (AvgIpc) is 2.93.